The van der Waals surface area contributed by atoms with Gasteiger partial charge in [0.15, 0.2) is 0 Å². The third-order valence-electron chi connectivity index (χ3n) is 4.37. The van der Waals surface area contributed by atoms with Gasteiger partial charge in [0, 0.05) is 17.8 Å². The first-order valence-electron chi connectivity index (χ1n) is 9.88. The number of carbonyl (C=O) groups excluding carboxylic acids is 1. The van der Waals surface area contributed by atoms with Gasteiger partial charge < -0.3 is 19.9 Å². The van der Waals surface area contributed by atoms with E-state index in [0.29, 0.717) is 0 Å². The number of sulfonamides is 1. The predicted octanol–water partition coefficient (Wildman–Crippen LogP) is 4.05. The van der Waals surface area contributed by atoms with Crippen molar-refractivity contribution < 1.29 is 41.0 Å². The van der Waals surface area contributed by atoms with E-state index in [2.05, 4.69) is 14.8 Å². The van der Waals surface area contributed by atoms with Crippen LogP contribution < -0.4 is 19.5 Å². The molecule has 33 heavy (non-hydrogen) atoms. The Morgan fingerprint density at radius 3 is 2.27 bits per heavy atom. The molecule has 0 aliphatic heterocycles. The van der Waals surface area contributed by atoms with Gasteiger partial charge >= 0.3 is 6.36 Å². The van der Waals surface area contributed by atoms with Crippen molar-refractivity contribution in [3.63, 3.8) is 0 Å². The highest BCUT2D eigenvalue weighted by Gasteiger charge is 2.32. The first-order chi connectivity index (χ1) is 15.2. The first kappa shape index (κ1) is 26.3. The molecule has 2 aromatic carbocycles. The number of aliphatic hydroxyl groups excluding tert-OH is 1. The molecule has 0 bridgehead atoms. The van der Waals surface area contributed by atoms with Crippen LogP contribution in [0.25, 0.3) is 0 Å². The zero-order chi connectivity index (χ0) is 25.0. The molecule has 2 aromatic rings. The van der Waals surface area contributed by atoms with Gasteiger partial charge in [-0.15, -0.1) is 13.2 Å². The van der Waals surface area contributed by atoms with E-state index in [1.807, 2.05) is 0 Å². The molecule has 0 saturated carbocycles. The van der Waals surface area contributed by atoms with Crippen molar-refractivity contribution in [2.24, 2.45) is 5.92 Å². The molecule has 0 unspecified atom stereocenters. The average molecular weight is 491 g/mol. The number of alkyl halides is 3. The maximum Gasteiger partial charge on any atom is 0.573 e. The third kappa shape index (κ3) is 7.26. The summed E-state index contributed by atoms with van der Waals surface area (Å²) in [5.74, 6) is -1.64. The number of hydrogen-bond acceptors (Lipinski definition) is 6. The van der Waals surface area contributed by atoms with E-state index in [1.54, 1.807) is 20.8 Å². The van der Waals surface area contributed by atoms with E-state index < -0.39 is 34.1 Å². The normalized spacial score (nSPS) is 12.9. The van der Waals surface area contributed by atoms with Crippen LogP contribution in [-0.2, 0) is 14.8 Å². The third-order valence-corrected chi connectivity index (χ3v) is 5.79. The van der Waals surface area contributed by atoms with E-state index in [9.17, 15) is 31.5 Å². The van der Waals surface area contributed by atoms with Crippen molar-refractivity contribution in [3.8, 4) is 11.5 Å². The minimum absolute atomic E-state index is 0.0966. The van der Waals surface area contributed by atoms with Crippen LogP contribution in [0.2, 0.25) is 0 Å². The Labute approximate surface area is 189 Å². The molecule has 3 N–H and O–H groups in total. The molecule has 2 rings (SSSR count). The molecule has 1 amide bonds. The maximum absolute atomic E-state index is 12.9. The van der Waals surface area contributed by atoms with Gasteiger partial charge in [0.25, 0.3) is 15.9 Å². The fourth-order valence-corrected chi connectivity index (χ4v) is 3.88. The number of aliphatic hydroxyl groups is 1. The molecule has 0 heterocycles. The van der Waals surface area contributed by atoms with Gasteiger partial charge in [0.2, 0.25) is 0 Å². The lowest BCUT2D eigenvalue weighted by molar-refractivity contribution is -0.274. The SMILES string of the molecule is CCOc1cc(NC(=O)[C@@H](O)C(C)C)ccc1S(=O)(=O)Nc1ccc(C)c(OC(F)(F)F)c1. The quantitative estimate of drug-likeness (QED) is 0.489. The zero-order valence-electron chi connectivity index (χ0n) is 18.4. The molecule has 0 aromatic heterocycles. The molecule has 1 atom stereocenters. The van der Waals surface area contributed by atoms with Crippen molar-refractivity contribution in [2.75, 3.05) is 16.6 Å². The van der Waals surface area contributed by atoms with E-state index in [1.165, 1.54) is 37.3 Å². The predicted molar refractivity (Wildman–Crippen MR) is 116 cm³/mol. The van der Waals surface area contributed by atoms with Crippen LogP contribution in [0.1, 0.15) is 26.3 Å². The maximum atomic E-state index is 12.9. The average Bonchev–Trinajstić information content (AvgIpc) is 2.68. The minimum atomic E-state index is -4.94. The Morgan fingerprint density at radius 1 is 1.09 bits per heavy atom. The number of aryl methyl sites for hydroxylation is 1. The Hall–Kier alpha value is -2.99. The summed E-state index contributed by atoms with van der Waals surface area (Å²) in [7, 11) is -4.29. The number of ether oxygens (including phenoxy) is 2. The second-order valence-corrected chi connectivity index (χ2v) is 9.06. The molecule has 8 nitrogen and oxygen atoms in total. The summed E-state index contributed by atoms with van der Waals surface area (Å²) < 4.78 is 75.2. The summed E-state index contributed by atoms with van der Waals surface area (Å²) in [5.41, 5.74) is 0.201. The highest BCUT2D eigenvalue weighted by molar-refractivity contribution is 7.92. The van der Waals surface area contributed by atoms with Crippen LogP contribution in [0.4, 0.5) is 24.5 Å². The Balaban J connectivity index is 2.34. The van der Waals surface area contributed by atoms with Crippen LogP contribution >= 0.6 is 0 Å². The lowest BCUT2D eigenvalue weighted by Gasteiger charge is -2.17. The number of amides is 1. The van der Waals surface area contributed by atoms with E-state index >= 15 is 0 Å². The van der Waals surface area contributed by atoms with Gasteiger partial charge in [-0.05, 0) is 43.5 Å². The zero-order valence-corrected chi connectivity index (χ0v) is 19.2. The molecule has 182 valence electrons. The molecule has 12 heteroatoms. The standard InChI is InChI=1S/C21H25F3N2O6S/c1-5-31-17-10-14(25-20(28)19(27)12(2)3)8-9-18(17)33(29,30)26-15-7-6-13(4)16(11-15)32-21(22,23)24/h6-12,19,26-27H,5H2,1-4H3,(H,25,28)/t19-/m0/s1. The highest BCUT2D eigenvalue weighted by atomic mass is 32.2. The molecule has 0 radical (unpaired) electrons. The molecule has 0 fully saturated rings. The fraction of sp³-hybridized carbons (Fsp3) is 0.381. The lowest BCUT2D eigenvalue weighted by atomic mass is 10.1. The number of benzene rings is 2. The Bertz CT molecular complexity index is 1100. The Morgan fingerprint density at radius 2 is 1.70 bits per heavy atom. The number of rotatable bonds is 9. The molecule has 0 spiro atoms. The summed E-state index contributed by atoms with van der Waals surface area (Å²) in [6.45, 7) is 6.43. The van der Waals surface area contributed by atoms with Crippen molar-refractivity contribution in [2.45, 2.75) is 45.1 Å². The van der Waals surface area contributed by atoms with Crippen molar-refractivity contribution in [3.05, 3.63) is 42.0 Å². The van der Waals surface area contributed by atoms with Gasteiger partial charge in [0.1, 0.15) is 22.5 Å². The Kier molecular flexibility index (Phi) is 8.20. The number of anilines is 2. The number of hydrogen-bond donors (Lipinski definition) is 3. The second-order valence-electron chi connectivity index (χ2n) is 7.41. The lowest BCUT2D eigenvalue weighted by Crippen LogP contribution is -2.31. The van der Waals surface area contributed by atoms with Crippen LogP contribution in [0.5, 0.6) is 11.5 Å². The van der Waals surface area contributed by atoms with Crippen LogP contribution in [-0.4, -0.2) is 38.5 Å². The van der Waals surface area contributed by atoms with Crippen molar-refractivity contribution >= 4 is 27.3 Å². The van der Waals surface area contributed by atoms with E-state index in [0.717, 1.165) is 6.07 Å². The summed E-state index contributed by atoms with van der Waals surface area (Å²) in [6, 6.07) is 7.24. The number of carbonyl (C=O) groups is 1. The van der Waals surface area contributed by atoms with E-state index in [-0.39, 0.29) is 40.1 Å². The summed E-state index contributed by atoms with van der Waals surface area (Å²) in [4.78, 5) is 11.8. The smallest absolute Gasteiger partial charge is 0.492 e. The van der Waals surface area contributed by atoms with Gasteiger partial charge in [-0.3, -0.25) is 9.52 Å². The number of halogens is 3. The van der Waals surface area contributed by atoms with Gasteiger partial charge in [0.05, 0.1) is 12.3 Å². The largest absolute Gasteiger partial charge is 0.573 e. The highest BCUT2D eigenvalue weighted by Crippen LogP contribution is 2.32. The molecule has 0 aliphatic carbocycles. The molecule has 0 saturated heterocycles. The topological polar surface area (TPSA) is 114 Å². The molecule has 0 aliphatic rings. The van der Waals surface area contributed by atoms with Crippen molar-refractivity contribution in [1.29, 1.82) is 0 Å². The number of nitrogens with one attached hydrogen (secondary N) is 2. The summed E-state index contributed by atoms with van der Waals surface area (Å²) in [6.07, 6.45) is -6.20. The van der Waals surface area contributed by atoms with Crippen molar-refractivity contribution in [1.82, 2.24) is 0 Å². The van der Waals surface area contributed by atoms with Gasteiger partial charge in [-0.25, -0.2) is 8.42 Å². The van der Waals surface area contributed by atoms with E-state index in [4.69, 9.17) is 4.74 Å². The summed E-state index contributed by atoms with van der Waals surface area (Å²) >= 11 is 0. The molecular weight excluding hydrogens is 465 g/mol. The van der Waals surface area contributed by atoms with Crippen LogP contribution in [0.15, 0.2) is 41.3 Å². The van der Waals surface area contributed by atoms with Gasteiger partial charge in [-0.2, -0.15) is 0 Å². The first-order valence-corrected chi connectivity index (χ1v) is 11.4. The molecular formula is C21H25F3N2O6S. The van der Waals surface area contributed by atoms with Crippen LogP contribution in [0, 0.1) is 12.8 Å². The van der Waals surface area contributed by atoms with Gasteiger partial charge in [-0.1, -0.05) is 19.9 Å². The summed E-state index contributed by atoms with van der Waals surface area (Å²) in [5, 5.41) is 12.3. The van der Waals surface area contributed by atoms with Crippen LogP contribution in [0.3, 0.4) is 0 Å². The monoisotopic (exact) mass is 490 g/mol. The second kappa shape index (κ2) is 10.3. The minimum Gasteiger partial charge on any atom is -0.492 e. The fourth-order valence-electron chi connectivity index (χ4n) is 2.70.